The first kappa shape index (κ1) is 19.4. The summed E-state index contributed by atoms with van der Waals surface area (Å²) >= 11 is 2.82. The molecule has 6 nitrogen and oxygen atoms in total. The maximum absolute atomic E-state index is 13.2. The van der Waals surface area contributed by atoms with Gasteiger partial charge < -0.3 is 5.32 Å². The Balaban J connectivity index is 1.73. The first-order valence-corrected chi connectivity index (χ1v) is 10.8. The minimum atomic E-state index is -0.150. The third-order valence-corrected chi connectivity index (χ3v) is 6.00. The molecular formula is C21H18N4O2S2. The Bertz CT molecular complexity index is 1250. The van der Waals surface area contributed by atoms with E-state index in [4.69, 9.17) is 4.98 Å². The average molecular weight is 423 g/mol. The largest absolute Gasteiger partial charge is 0.302 e. The minimum absolute atomic E-state index is 0.0980. The average Bonchev–Trinajstić information content (AvgIpc) is 3.14. The van der Waals surface area contributed by atoms with Crippen LogP contribution in [0.2, 0.25) is 0 Å². The van der Waals surface area contributed by atoms with Gasteiger partial charge in [0.2, 0.25) is 5.91 Å². The predicted octanol–water partition coefficient (Wildman–Crippen LogP) is 4.40. The van der Waals surface area contributed by atoms with Gasteiger partial charge in [0, 0.05) is 18.1 Å². The second-order valence-electron chi connectivity index (χ2n) is 6.50. The number of hydrogen-bond acceptors (Lipinski definition) is 6. The van der Waals surface area contributed by atoms with E-state index in [2.05, 4.69) is 10.3 Å². The quantitative estimate of drug-likeness (QED) is 0.381. The van der Waals surface area contributed by atoms with Crippen molar-refractivity contribution in [3.8, 4) is 5.69 Å². The van der Waals surface area contributed by atoms with Gasteiger partial charge in [-0.15, -0.1) is 11.3 Å². The van der Waals surface area contributed by atoms with Crippen molar-refractivity contribution in [2.45, 2.75) is 24.8 Å². The van der Waals surface area contributed by atoms with Crippen LogP contribution < -0.4 is 10.9 Å². The van der Waals surface area contributed by atoms with Crippen molar-refractivity contribution in [3.05, 3.63) is 75.5 Å². The maximum Gasteiger partial charge on any atom is 0.266 e. The Morgan fingerprint density at radius 2 is 1.90 bits per heavy atom. The van der Waals surface area contributed by atoms with Crippen LogP contribution in [0, 0.1) is 6.92 Å². The fourth-order valence-electron chi connectivity index (χ4n) is 2.85. The molecule has 2 aromatic heterocycles. The van der Waals surface area contributed by atoms with Crippen LogP contribution in [0.3, 0.4) is 0 Å². The summed E-state index contributed by atoms with van der Waals surface area (Å²) in [5.74, 6) is 0.384. The SMILES string of the molecule is CC(=O)Nc1nc(CSc2nc3ccccc3c(=O)n2-c2ccc(C)cc2)cs1. The summed E-state index contributed by atoms with van der Waals surface area (Å²) < 4.78 is 1.65. The van der Waals surface area contributed by atoms with E-state index < -0.39 is 0 Å². The maximum atomic E-state index is 13.2. The summed E-state index contributed by atoms with van der Waals surface area (Å²) in [5, 5.41) is 6.34. The van der Waals surface area contributed by atoms with Crippen LogP contribution in [0.5, 0.6) is 0 Å². The molecule has 0 saturated heterocycles. The smallest absolute Gasteiger partial charge is 0.266 e. The molecule has 0 fully saturated rings. The van der Waals surface area contributed by atoms with Gasteiger partial charge in [-0.2, -0.15) is 0 Å². The number of thiazole rings is 1. The molecule has 0 unspecified atom stereocenters. The number of amides is 1. The highest BCUT2D eigenvalue weighted by molar-refractivity contribution is 7.98. The number of carbonyl (C=O) groups excluding carboxylic acids is 1. The molecule has 0 aliphatic rings. The Labute approximate surface area is 175 Å². The second-order valence-corrected chi connectivity index (χ2v) is 8.30. The summed E-state index contributed by atoms with van der Waals surface area (Å²) in [5.41, 5.74) is 3.29. The molecule has 1 amide bonds. The molecule has 4 aromatic rings. The second kappa shape index (κ2) is 8.18. The fraction of sp³-hybridized carbons (Fsp3) is 0.143. The van der Waals surface area contributed by atoms with Crippen LogP contribution in [0.25, 0.3) is 16.6 Å². The van der Waals surface area contributed by atoms with E-state index in [1.54, 1.807) is 10.6 Å². The van der Waals surface area contributed by atoms with Crippen molar-refractivity contribution in [3.63, 3.8) is 0 Å². The van der Waals surface area contributed by atoms with E-state index >= 15 is 0 Å². The number of nitrogens with one attached hydrogen (secondary N) is 1. The van der Waals surface area contributed by atoms with Crippen molar-refractivity contribution >= 4 is 45.0 Å². The summed E-state index contributed by atoms with van der Waals surface area (Å²) in [4.78, 5) is 33.6. The van der Waals surface area contributed by atoms with Crippen molar-refractivity contribution in [1.82, 2.24) is 14.5 Å². The zero-order valence-corrected chi connectivity index (χ0v) is 17.5. The van der Waals surface area contributed by atoms with Crippen molar-refractivity contribution in [2.24, 2.45) is 0 Å². The molecule has 2 aromatic carbocycles. The number of carbonyl (C=O) groups is 1. The lowest BCUT2D eigenvalue weighted by atomic mass is 10.2. The van der Waals surface area contributed by atoms with Gasteiger partial charge in [0.25, 0.3) is 5.56 Å². The van der Waals surface area contributed by atoms with Gasteiger partial charge >= 0.3 is 0 Å². The molecular weight excluding hydrogens is 404 g/mol. The van der Waals surface area contributed by atoms with E-state index in [1.807, 2.05) is 54.8 Å². The van der Waals surface area contributed by atoms with Gasteiger partial charge in [-0.3, -0.25) is 14.2 Å². The van der Waals surface area contributed by atoms with Crippen LogP contribution in [-0.4, -0.2) is 20.4 Å². The number of benzene rings is 2. The zero-order chi connectivity index (χ0) is 20.4. The molecule has 1 N–H and O–H groups in total. The lowest BCUT2D eigenvalue weighted by molar-refractivity contribution is -0.114. The molecule has 0 aliphatic carbocycles. The molecule has 0 saturated carbocycles. The van der Waals surface area contributed by atoms with Crippen molar-refractivity contribution in [1.29, 1.82) is 0 Å². The summed E-state index contributed by atoms with van der Waals surface area (Å²) in [6.45, 7) is 3.46. The monoisotopic (exact) mass is 422 g/mol. The number of aryl methyl sites for hydroxylation is 1. The molecule has 4 rings (SSSR count). The molecule has 0 spiro atoms. The molecule has 29 heavy (non-hydrogen) atoms. The number of thioether (sulfide) groups is 1. The van der Waals surface area contributed by atoms with Crippen molar-refractivity contribution in [2.75, 3.05) is 5.32 Å². The number of hydrogen-bond donors (Lipinski definition) is 1. The highest BCUT2D eigenvalue weighted by atomic mass is 32.2. The number of para-hydroxylation sites is 1. The van der Waals surface area contributed by atoms with Crippen LogP contribution in [-0.2, 0) is 10.5 Å². The normalized spacial score (nSPS) is 11.0. The van der Waals surface area contributed by atoms with Gasteiger partial charge in [0.1, 0.15) is 0 Å². The third-order valence-electron chi connectivity index (χ3n) is 4.22. The van der Waals surface area contributed by atoms with Gasteiger partial charge in [0.15, 0.2) is 10.3 Å². The van der Waals surface area contributed by atoms with Crippen LogP contribution in [0.4, 0.5) is 5.13 Å². The van der Waals surface area contributed by atoms with Crippen LogP contribution in [0.15, 0.2) is 63.9 Å². The molecule has 0 bridgehead atoms. The highest BCUT2D eigenvalue weighted by Crippen LogP contribution is 2.26. The fourth-order valence-corrected chi connectivity index (χ4v) is 4.62. The van der Waals surface area contributed by atoms with Crippen LogP contribution >= 0.6 is 23.1 Å². The van der Waals surface area contributed by atoms with Gasteiger partial charge in [0.05, 0.1) is 22.3 Å². The lowest BCUT2D eigenvalue weighted by Crippen LogP contribution is -2.21. The van der Waals surface area contributed by atoms with Gasteiger partial charge in [-0.25, -0.2) is 9.97 Å². The Kier molecular flexibility index (Phi) is 5.46. The minimum Gasteiger partial charge on any atom is -0.302 e. The van der Waals surface area contributed by atoms with Crippen LogP contribution in [0.1, 0.15) is 18.2 Å². The van der Waals surface area contributed by atoms with E-state index in [0.29, 0.717) is 26.9 Å². The summed E-state index contributed by atoms with van der Waals surface area (Å²) in [7, 11) is 0. The van der Waals surface area contributed by atoms with Gasteiger partial charge in [-0.05, 0) is 31.2 Å². The molecule has 0 aliphatic heterocycles. The molecule has 2 heterocycles. The first-order chi connectivity index (χ1) is 14.0. The Hall–Kier alpha value is -2.97. The van der Waals surface area contributed by atoms with E-state index in [0.717, 1.165) is 16.9 Å². The van der Waals surface area contributed by atoms with Crippen molar-refractivity contribution < 1.29 is 4.79 Å². The summed E-state index contributed by atoms with van der Waals surface area (Å²) in [6, 6.07) is 15.2. The van der Waals surface area contributed by atoms with E-state index in [1.165, 1.54) is 30.0 Å². The summed E-state index contributed by atoms with van der Waals surface area (Å²) in [6.07, 6.45) is 0. The highest BCUT2D eigenvalue weighted by Gasteiger charge is 2.14. The molecule has 0 radical (unpaired) electrons. The number of nitrogens with zero attached hydrogens (tertiary/aromatic N) is 3. The molecule has 8 heteroatoms. The third kappa shape index (κ3) is 4.23. The zero-order valence-electron chi connectivity index (χ0n) is 15.9. The van der Waals surface area contributed by atoms with E-state index in [9.17, 15) is 9.59 Å². The standard InChI is InChI=1S/C21H18N4O2S2/c1-13-7-9-16(10-8-13)25-19(27)17-5-3-4-6-18(17)24-21(25)29-12-15-11-28-20(23-15)22-14(2)26/h3-11H,12H2,1-2H3,(H,22,23,26). The molecule has 146 valence electrons. The molecule has 0 atom stereocenters. The number of anilines is 1. The Morgan fingerprint density at radius 3 is 2.66 bits per heavy atom. The van der Waals surface area contributed by atoms with Gasteiger partial charge in [-0.1, -0.05) is 41.6 Å². The number of fused-ring (bicyclic) bond motifs is 1. The first-order valence-electron chi connectivity index (χ1n) is 8.95. The predicted molar refractivity (Wildman–Crippen MR) is 118 cm³/mol. The van der Waals surface area contributed by atoms with E-state index in [-0.39, 0.29) is 11.5 Å². The number of aromatic nitrogens is 3. The lowest BCUT2D eigenvalue weighted by Gasteiger charge is -2.13. The number of rotatable bonds is 5. The Morgan fingerprint density at radius 1 is 1.14 bits per heavy atom. The topological polar surface area (TPSA) is 76.9 Å².